The molecule has 4 N–H and O–H groups in total. The highest BCUT2D eigenvalue weighted by molar-refractivity contribution is 5.99. The van der Waals surface area contributed by atoms with E-state index < -0.39 is 47.9 Å². The molecule has 0 aliphatic rings. The summed E-state index contributed by atoms with van der Waals surface area (Å²) >= 11 is 0. The van der Waals surface area contributed by atoms with Gasteiger partial charge in [0.2, 0.25) is 11.8 Å². The summed E-state index contributed by atoms with van der Waals surface area (Å²) in [5.41, 5.74) is 6.71. The number of rotatable bonds is 16. The van der Waals surface area contributed by atoms with Crippen molar-refractivity contribution >= 4 is 29.5 Å². The smallest absolute Gasteiger partial charge is 0.408 e. The lowest BCUT2D eigenvalue weighted by Crippen LogP contribution is -2.53. The van der Waals surface area contributed by atoms with Gasteiger partial charge in [0, 0.05) is 12.2 Å². The van der Waals surface area contributed by atoms with Gasteiger partial charge in [0.1, 0.15) is 23.4 Å². The zero-order chi connectivity index (χ0) is 32.0. The van der Waals surface area contributed by atoms with E-state index in [-0.39, 0.29) is 6.54 Å². The van der Waals surface area contributed by atoms with Gasteiger partial charge in [0.15, 0.2) is 0 Å². The van der Waals surface area contributed by atoms with Crippen molar-refractivity contribution in [1.29, 1.82) is 0 Å². The summed E-state index contributed by atoms with van der Waals surface area (Å²) in [4.78, 5) is 54.4. The van der Waals surface area contributed by atoms with Crippen molar-refractivity contribution in [3.8, 4) is 5.75 Å². The number of carbonyl (C=O) groups is 4. The Morgan fingerprint density at radius 3 is 2.19 bits per heavy atom. The van der Waals surface area contributed by atoms with E-state index in [0.717, 1.165) is 37.7 Å². The molecule has 0 aliphatic carbocycles. The maximum Gasteiger partial charge on any atom is 0.408 e. The second-order valence-corrected chi connectivity index (χ2v) is 11.7. The standard InChI is InChI=1S/C33H48N4O6/c1-7-8-9-10-11-12-20-37(31(40)27(22-28(34)38)36-32(41)43-33(3,4)5)29(24-15-13-14-23(2)21-24)30(39)35-25-16-18-26(42-6)19-17-25/h13-19,21,27,29H,7-12,20,22H2,1-6H3,(H2,34,38)(H,35,39)(H,36,41). The molecule has 0 bridgehead atoms. The molecule has 2 aromatic rings. The van der Waals surface area contributed by atoms with Crippen LogP contribution in [0.25, 0.3) is 0 Å². The number of nitrogens with zero attached hydrogens (tertiary/aromatic N) is 1. The van der Waals surface area contributed by atoms with Gasteiger partial charge in [0.25, 0.3) is 5.91 Å². The first-order chi connectivity index (χ1) is 20.3. The van der Waals surface area contributed by atoms with Crippen molar-refractivity contribution in [2.45, 2.75) is 97.2 Å². The van der Waals surface area contributed by atoms with E-state index in [0.29, 0.717) is 23.4 Å². The Labute approximate surface area is 255 Å². The van der Waals surface area contributed by atoms with Gasteiger partial charge in [-0.15, -0.1) is 0 Å². The average molecular weight is 597 g/mol. The molecule has 0 saturated heterocycles. The van der Waals surface area contributed by atoms with E-state index in [1.807, 2.05) is 25.1 Å². The van der Waals surface area contributed by atoms with Crippen LogP contribution in [0.2, 0.25) is 0 Å². The molecule has 10 heteroatoms. The monoisotopic (exact) mass is 596 g/mol. The van der Waals surface area contributed by atoms with E-state index >= 15 is 0 Å². The molecule has 0 aliphatic heterocycles. The first-order valence-electron chi connectivity index (χ1n) is 14.9. The number of anilines is 1. The molecule has 2 aromatic carbocycles. The molecule has 0 spiro atoms. The highest BCUT2D eigenvalue weighted by Crippen LogP contribution is 2.27. The Balaban J connectivity index is 2.51. The molecule has 0 saturated carbocycles. The Hall–Kier alpha value is -4.08. The van der Waals surface area contributed by atoms with E-state index in [9.17, 15) is 19.2 Å². The van der Waals surface area contributed by atoms with Crippen LogP contribution in [0.3, 0.4) is 0 Å². The number of nitrogens with one attached hydrogen (secondary N) is 2. The van der Waals surface area contributed by atoms with Gasteiger partial charge in [-0.3, -0.25) is 14.4 Å². The number of ether oxygens (including phenoxy) is 2. The van der Waals surface area contributed by atoms with E-state index in [2.05, 4.69) is 17.6 Å². The lowest BCUT2D eigenvalue weighted by atomic mass is 9.99. The number of amides is 4. The molecule has 0 fully saturated rings. The Bertz CT molecular complexity index is 1210. The fourth-order valence-corrected chi connectivity index (χ4v) is 4.68. The Kier molecular flexibility index (Phi) is 14.0. The van der Waals surface area contributed by atoms with Crippen LogP contribution < -0.4 is 21.1 Å². The molecule has 0 radical (unpaired) electrons. The zero-order valence-electron chi connectivity index (χ0n) is 26.4. The number of hydrogen-bond acceptors (Lipinski definition) is 6. The number of primary amides is 1. The number of carbonyl (C=O) groups excluding carboxylic acids is 4. The predicted molar refractivity (Wildman–Crippen MR) is 168 cm³/mol. The molecule has 0 heterocycles. The van der Waals surface area contributed by atoms with Crippen LogP contribution in [-0.4, -0.2) is 54.0 Å². The van der Waals surface area contributed by atoms with Gasteiger partial charge < -0.3 is 30.7 Å². The summed E-state index contributed by atoms with van der Waals surface area (Å²) in [6.45, 7) is 9.36. The lowest BCUT2D eigenvalue weighted by molar-refractivity contribution is -0.142. The van der Waals surface area contributed by atoms with E-state index in [1.165, 1.54) is 4.90 Å². The van der Waals surface area contributed by atoms with E-state index in [1.54, 1.807) is 58.2 Å². The summed E-state index contributed by atoms with van der Waals surface area (Å²) < 4.78 is 10.6. The van der Waals surface area contributed by atoms with Crippen molar-refractivity contribution in [3.05, 3.63) is 59.7 Å². The van der Waals surface area contributed by atoms with Crippen molar-refractivity contribution in [2.75, 3.05) is 19.0 Å². The van der Waals surface area contributed by atoms with Crippen LogP contribution in [0, 0.1) is 6.92 Å². The largest absolute Gasteiger partial charge is 0.497 e. The number of aryl methyl sites for hydroxylation is 1. The molecular formula is C33H48N4O6. The third-order valence-electron chi connectivity index (χ3n) is 6.71. The molecule has 2 unspecified atom stereocenters. The number of unbranched alkanes of at least 4 members (excludes halogenated alkanes) is 5. The van der Waals surface area contributed by atoms with Crippen LogP contribution in [0.1, 0.15) is 89.8 Å². The van der Waals surface area contributed by atoms with Crippen LogP contribution in [-0.2, 0) is 19.1 Å². The number of nitrogens with two attached hydrogens (primary N) is 1. The molecule has 2 rings (SSSR count). The SMILES string of the molecule is CCCCCCCCN(C(=O)C(CC(N)=O)NC(=O)OC(C)(C)C)C(C(=O)Nc1ccc(OC)cc1)c1cccc(C)c1. The van der Waals surface area contributed by atoms with Crippen LogP contribution in [0.5, 0.6) is 5.75 Å². The lowest BCUT2D eigenvalue weighted by Gasteiger charge is -2.34. The van der Waals surface area contributed by atoms with Gasteiger partial charge >= 0.3 is 6.09 Å². The highest BCUT2D eigenvalue weighted by atomic mass is 16.6. The summed E-state index contributed by atoms with van der Waals surface area (Å²) in [7, 11) is 1.56. The van der Waals surface area contributed by atoms with Gasteiger partial charge in [-0.2, -0.15) is 0 Å². The second kappa shape index (κ2) is 17.1. The Morgan fingerprint density at radius 1 is 0.953 bits per heavy atom. The topological polar surface area (TPSA) is 140 Å². The summed E-state index contributed by atoms with van der Waals surface area (Å²) in [5, 5.41) is 5.45. The van der Waals surface area contributed by atoms with Gasteiger partial charge in [-0.05, 0) is 63.9 Å². The minimum Gasteiger partial charge on any atom is -0.497 e. The number of benzene rings is 2. The quantitative estimate of drug-likeness (QED) is 0.214. The van der Waals surface area contributed by atoms with Crippen LogP contribution in [0.4, 0.5) is 10.5 Å². The molecule has 236 valence electrons. The fourth-order valence-electron chi connectivity index (χ4n) is 4.68. The van der Waals surface area contributed by atoms with Crippen molar-refractivity contribution < 1.29 is 28.7 Å². The molecular weight excluding hydrogens is 548 g/mol. The Morgan fingerprint density at radius 2 is 1.60 bits per heavy atom. The zero-order valence-corrected chi connectivity index (χ0v) is 26.4. The molecule has 10 nitrogen and oxygen atoms in total. The van der Waals surface area contributed by atoms with Crippen LogP contribution in [0.15, 0.2) is 48.5 Å². The molecule has 43 heavy (non-hydrogen) atoms. The second-order valence-electron chi connectivity index (χ2n) is 11.7. The first kappa shape index (κ1) is 35.1. The summed E-state index contributed by atoms with van der Waals surface area (Å²) in [6.07, 6.45) is 4.47. The summed E-state index contributed by atoms with van der Waals surface area (Å²) in [6, 6.07) is 11.9. The maximum absolute atomic E-state index is 14.2. The minimum absolute atomic E-state index is 0.227. The number of alkyl carbamates (subject to hydrolysis) is 1. The predicted octanol–water partition coefficient (Wildman–Crippen LogP) is 5.64. The van der Waals surface area contributed by atoms with Crippen LogP contribution >= 0.6 is 0 Å². The van der Waals surface area contributed by atoms with Crippen molar-refractivity contribution in [2.24, 2.45) is 5.73 Å². The first-order valence-corrected chi connectivity index (χ1v) is 14.9. The number of hydrogen-bond donors (Lipinski definition) is 3. The van der Waals surface area contributed by atoms with Crippen molar-refractivity contribution in [1.82, 2.24) is 10.2 Å². The fraction of sp³-hybridized carbons (Fsp3) is 0.515. The number of methoxy groups -OCH3 is 1. The van der Waals surface area contributed by atoms with E-state index in [4.69, 9.17) is 15.2 Å². The molecule has 0 aromatic heterocycles. The third kappa shape index (κ3) is 12.4. The van der Waals surface area contributed by atoms with Gasteiger partial charge in [-0.1, -0.05) is 68.9 Å². The highest BCUT2D eigenvalue weighted by Gasteiger charge is 2.37. The third-order valence-corrected chi connectivity index (χ3v) is 6.71. The van der Waals surface area contributed by atoms with Crippen molar-refractivity contribution in [3.63, 3.8) is 0 Å². The van der Waals surface area contributed by atoms with Gasteiger partial charge in [-0.25, -0.2) is 4.79 Å². The molecule has 2 atom stereocenters. The minimum atomic E-state index is -1.33. The molecule has 4 amide bonds. The summed E-state index contributed by atoms with van der Waals surface area (Å²) in [5.74, 6) is -1.18. The average Bonchev–Trinajstić information content (AvgIpc) is 2.92. The van der Waals surface area contributed by atoms with Gasteiger partial charge in [0.05, 0.1) is 13.5 Å². The normalized spacial score (nSPS) is 12.5. The maximum atomic E-state index is 14.2.